The highest BCUT2D eigenvalue weighted by molar-refractivity contribution is 9.10. The first-order valence-corrected chi connectivity index (χ1v) is 11.8. The molecule has 0 atom stereocenters. The van der Waals surface area contributed by atoms with Gasteiger partial charge in [0.05, 0.1) is 18.1 Å². The third kappa shape index (κ3) is 5.20. The molecule has 1 aliphatic rings. The van der Waals surface area contributed by atoms with Gasteiger partial charge < -0.3 is 4.90 Å². The average Bonchev–Trinajstić information content (AvgIpc) is 3.08. The number of hydrogen-bond acceptors (Lipinski definition) is 4. The molecule has 1 aliphatic heterocycles. The van der Waals surface area contributed by atoms with Crippen LogP contribution in [0.5, 0.6) is 0 Å². The van der Waals surface area contributed by atoms with Crippen LogP contribution in [-0.4, -0.2) is 47.5 Å². The Labute approximate surface area is 172 Å². The SMILES string of the molecule is Cc1cc(C(=O)N(CCC2CCS(=O)(=O)CC2)Cc2c(F)cccc2Br)n[nH]1. The Morgan fingerprint density at radius 2 is 2.07 bits per heavy atom. The van der Waals surface area contributed by atoms with Gasteiger partial charge in [0.2, 0.25) is 0 Å². The number of H-pyrrole nitrogens is 1. The quantitative estimate of drug-likeness (QED) is 0.698. The largest absolute Gasteiger partial charge is 0.333 e. The van der Waals surface area contributed by atoms with Gasteiger partial charge in [0, 0.05) is 22.3 Å². The second-order valence-electron chi connectivity index (χ2n) is 7.25. The molecule has 0 unspecified atom stereocenters. The lowest BCUT2D eigenvalue weighted by Gasteiger charge is -2.27. The number of rotatable bonds is 6. The van der Waals surface area contributed by atoms with Gasteiger partial charge in [0.25, 0.3) is 5.91 Å². The summed E-state index contributed by atoms with van der Waals surface area (Å²) in [5.41, 5.74) is 1.47. The molecule has 1 N–H and O–H groups in total. The summed E-state index contributed by atoms with van der Waals surface area (Å²) >= 11 is 3.36. The first-order chi connectivity index (χ1) is 13.2. The van der Waals surface area contributed by atoms with E-state index in [1.54, 1.807) is 23.1 Å². The summed E-state index contributed by atoms with van der Waals surface area (Å²) in [4.78, 5) is 14.6. The minimum Gasteiger partial charge on any atom is -0.333 e. The number of aromatic nitrogens is 2. The molecule has 1 fully saturated rings. The van der Waals surface area contributed by atoms with E-state index >= 15 is 0 Å². The van der Waals surface area contributed by atoms with E-state index in [9.17, 15) is 17.6 Å². The van der Waals surface area contributed by atoms with E-state index in [-0.39, 0.29) is 41.4 Å². The lowest BCUT2D eigenvalue weighted by atomic mass is 9.98. The fourth-order valence-electron chi connectivity index (χ4n) is 3.38. The van der Waals surface area contributed by atoms with Gasteiger partial charge in [-0.25, -0.2) is 12.8 Å². The fraction of sp³-hybridized carbons (Fsp3) is 0.474. The van der Waals surface area contributed by atoms with Crippen LogP contribution in [0.25, 0.3) is 0 Å². The Morgan fingerprint density at radius 1 is 1.36 bits per heavy atom. The maximum Gasteiger partial charge on any atom is 0.274 e. The summed E-state index contributed by atoms with van der Waals surface area (Å²) in [7, 11) is -2.92. The molecule has 28 heavy (non-hydrogen) atoms. The normalized spacial score (nSPS) is 16.8. The van der Waals surface area contributed by atoms with Crippen LogP contribution >= 0.6 is 15.9 Å². The zero-order valence-corrected chi connectivity index (χ0v) is 18.0. The number of aromatic amines is 1. The summed E-state index contributed by atoms with van der Waals surface area (Å²) < 4.78 is 38.2. The van der Waals surface area contributed by atoms with E-state index in [1.807, 2.05) is 6.92 Å². The van der Waals surface area contributed by atoms with Crippen LogP contribution in [0.1, 0.15) is 41.0 Å². The molecule has 1 amide bonds. The van der Waals surface area contributed by atoms with Crippen LogP contribution in [0.3, 0.4) is 0 Å². The maximum absolute atomic E-state index is 14.3. The second kappa shape index (κ2) is 8.73. The van der Waals surface area contributed by atoms with E-state index in [1.165, 1.54) is 6.07 Å². The highest BCUT2D eigenvalue weighted by Gasteiger charge is 2.26. The van der Waals surface area contributed by atoms with Crippen LogP contribution in [0, 0.1) is 18.7 Å². The lowest BCUT2D eigenvalue weighted by Crippen LogP contribution is -2.34. The molecule has 1 saturated heterocycles. The molecular weight excluding hydrogens is 449 g/mol. The Kier molecular flexibility index (Phi) is 6.54. The molecule has 0 spiro atoms. The Morgan fingerprint density at radius 3 is 2.68 bits per heavy atom. The van der Waals surface area contributed by atoms with Crippen molar-refractivity contribution >= 4 is 31.7 Å². The summed E-state index contributed by atoms with van der Waals surface area (Å²) in [5.74, 6) is -0.0209. The van der Waals surface area contributed by atoms with Crippen LogP contribution < -0.4 is 0 Å². The zero-order chi connectivity index (χ0) is 20.3. The van der Waals surface area contributed by atoms with Crippen molar-refractivity contribution in [1.82, 2.24) is 15.1 Å². The fourth-order valence-corrected chi connectivity index (χ4v) is 5.44. The van der Waals surface area contributed by atoms with E-state index in [0.717, 1.165) is 5.69 Å². The number of carbonyl (C=O) groups is 1. The molecule has 0 saturated carbocycles. The zero-order valence-electron chi connectivity index (χ0n) is 15.6. The lowest BCUT2D eigenvalue weighted by molar-refractivity contribution is 0.0723. The minimum atomic E-state index is -2.92. The summed E-state index contributed by atoms with van der Waals surface area (Å²) in [6.07, 6.45) is 1.89. The van der Waals surface area contributed by atoms with Gasteiger partial charge in [-0.05, 0) is 50.3 Å². The number of nitrogens with zero attached hydrogens (tertiary/aromatic N) is 2. The molecule has 0 radical (unpaired) electrons. The highest BCUT2D eigenvalue weighted by Crippen LogP contribution is 2.25. The number of amides is 1. The monoisotopic (exact) mass is 471 g/mol. The van der Waals surface area contributed by atoms with Gasteiger partial charge in [-0.15, -0.1) is 0 Å². The molecule has 1 aromatic heterocycles. The van der Waals surface area contributed by atoms with Gasteiger partial charge in [-0.1, -0.05) is 22.0 Å². The summed E-state index contributed by atoms with van der Waals surface area (Å²) in [6, 6.07) is 6.38. The molecule has 0 bridgehead atoms. The molecule has 1 aromatic carbocycles. The first-order valence-electron chi connectivity index (χ1n) is 9.20. The maximum atomic E-state index is 14.3. The Balaban J connectivity index is 1.75. The Hall–Kier alpha value is -1.74. The molecule has 152 valence electrons. The smallest absolute Gasteiger partial charge is 0.274 e. The van der Waals surface area contributed by atoms with Crippen molar-refractivity contribution in [3.63, 3.8) is 0 Å². The number of benzene rings is 1. The van der Waals surface area contributed by atoms with Crippen molar-refractivity contribution in [2.24, 2.45) is 5.92 Å². The van der Waals surface area contributed by atoms with Crippen molar-refractivity contribution < 1.29 is 17.6 Å². The van der Waals surface area contributed by atoms with Crippen LogP contribution in [0.15, 0.2) is 28.7 Å². The predicted octanol–water partition coefficient (Wildman–Crippen LogP) is 3.48. The molecule has 0 aliphatic carbocycles. The van der Waals surface area contributed by atoms with Crippen molar-refractivity contribution in [3.8, 4) is 0 Å². The molecular formula is C19H23BrFN3O3S. The number of hydrogen-bond donors (Lipinski definition) is 1. The van der Waals surface area contributed by atoms with E-state index in [0.29, 0.717) is 35.8 Å². The highest BCUT2D eigenvalue weighted by atomic mass is 79.9. The van der Waals surface area contributed by atoms with E-state index < -0.39 is 9.84 Å². The molecule has 2 aromatic rings. The summed E-state index contributed by atoms with van der Waals surface area (Å²) in [5, 5.41) is 6.79. The van der Waals surface area contributed by atoms with Crippen molar-refractivity contribution in [3.05, 3.63) is 51.5 Å². The van der Waals surface area contributed by atoms with Gasteiger partial charge in [0.1, 0.15) is 21.3 Å². The predicted molar refractivity (Wildman–Crippen MR) is 108 cm³/mol. The third-order valence-corrected chi connectivity index (χ3v) is 7.56. The first kappa shape index (κ1) is 21.0. The topological polar surface area (TPSA) is 83.1 Å². The van der Waals surface area contributed by atoms with E-state index in [4.69, 9.17) is 0 Å². The average molecular weight is 472 g/mol. The minimum absolute atomic E-state index is 0.114. The van der Waals surface area contributed by atoms with Crippen molar-refractivity contribution in [1.29, 1.82) is 0 Å². The molecule has 6 nitrogen and oxygen atoms in total. The van der Waals surface area contributed by atoms with E-state index in [2.05, 4.69) is 26.1 Å². The van der Waals surface area contributed by atoms with Gasteiger partial charge >= 0.3 is 0 Å². The van der Waals surface area contributed by atoms with Crippen LogP contribution in [0.2, 0.25) is 0 Å². The number of sulfone groups is 1. The molecule has 9 heteroatoms. The van der Waals surface area contributed by atoms with Gasteiger partial charge in [-0.2, -0.15) is 5.10 Å². The third-order valence-electron chi connectivity index (χ3n) is 5.10. The van der Waals surface area contributed by atoms with Crippen LogP contribution in [-0.2, 0) is 16.4 Å². The number of nitrogens with one attached hydrogen (secondary N) is 1. The molecule has 3 rings (SSSR count). The van der Waals surface area contributed by atoms with Crippen molar-refractivity contribution in [2.45, 2.75) is 32.7 Å². The van der Waals surface area contributed by atoms with Crippen molar-refractivity contribution in [2.75, 3.05) is 18.1 Å². The number of carbonyl (C=O) groups excluding carboxylic acids is 1. The molecule has 2 heterocycles. The summed E-state index contributed by atoms with van der Waals surface area (Å²) in [6.45, 7) is 2.34. The van der Waals surface area contributed by atoms with Gasteiger partial charge in [0.15, 0.2) is 0 Å². The number of aryl methyl sites for hydroxylation is 1. The van der Waals surface area contributed by atoms with Gasteiger partial charge in [-0.3, -0.25) is 9.89 Å². The van der Waals surface area contributed by atoms with Crippen LogP contribution in [0.4, 0.5) is 4.39 Å². The Bertz CT molecular complexity index is 927. The standard InChI is InChI=1S/C19H23BrFN3O3S/c1-13-11-18(23-22-13)19(25)24(12-15-16(20)3-2-4-17(15)21)8-5-14-6-9-28(26,27)10-7-14/h2-4,11,14H,5-10,12H2,1H3,(H,22,23). The second-order valence-corrected chi connectivity index (χ2v) is 10.4. The number of halogens is 2.